The Kier molecular flexibility index (Phi) is 6.99. The van der Waals surface area contributed by atoms with Gasteiger partial charge in [-0.2, -0.15) is 0 Å². The molecule has 9 nitrogen and oxygen atoms in total. The highest BCUT2D eigenvalue weighted by atomic mass is 35.5. The molecule has 1 saturated heterocycles. The van der Waals surface area contributed by atoms with Crippen LogP contribution in [-0.4, -0.2) is 53.1 Å². The maximum atomic E-state index is 13.0. The van der Waals surface area contributed by atoms with Crippen molar-refractivity contribution >= 4 is 46.5 Å². The van der Waals surface area contributed by atoms with Gasteiger partial charge in [-0.15, -0.1) is 11.3 Å². The van der Waals surface area contributed by atoms with Crippen molar-refractivity contribution in [3.05, 3.63) is 80.4 Å². The van der Waals surface area contributed by atoms with Gasteiger partial charge in [-0.05, 0) is 48.9 Å². The fraction of sp³-hybridized carbons (Fsp3) is 0.217. The van der Waals surface area contributed by atoms with Crippen molar-refractivity contribution in [3.63, 3.8) is 0 Å². The molecule has 11 heteroatoms. The molecule has 3 heterocycles. The molecule has 1 unspecified atom stereocenters. The lowest BCUT2D eigenvalue weighted by atomic mass is 10.1. The smallest absolute Gasteiger partial charge is 0.410 e. The largest absolute Gasteiger partial charge is 0.453 e. The van der Waals surface area contributed by atoms with E-state index in [1.807, 2.05) is 0 Å². The van der Waals surface area contributed by atoms with Crippen molar-refractivity contribution in [2.75, 3.05) is 19.0 Å². The zero-order chi connectivity index (χ0) is 24.2. The van der Waals surface area contributed by atoms with Crippen LogP contribution in [0.4, 0.5) is 10.5 Å². The number of likely N-dealkylation sites (tertiary alicyclic amines) is 1. The van der Waals surface area contributed by atoms with Crippen LogP contribution in [0, 0.1) is 0 Å². The summed E-state index contributed by atoms with van der Waals surface area (Å²) in [6.45, 7) is 0.130. The lowest BCUT2D eigenvalue weighted by Crippen LogP contribution is -2.43. The third kappa shape index (κ3) is 5.13. The van der Waals surface area contributed by atoms with E-state index in [0.29, 0.717) is 20.6 Å². The second-order valence-corrected chi connectivity index (χ2v) is 9.31. The van der Waals surface area contributed by atoms with E-state index in [1.165, 1.54) is 22.6 Å². The van der Waals surface area contributed by atoms with E-state index >= 15 is 0 Å². The third-order valence-electron chi connectivity index (χ3n) is 5.38. The highest BCUT2D eigenvalue weighted by Crippen LogP contribution is 2.24. The van der Waals surface area contributed by atoms with Crippen LogP contribution in [0.2, 0.25) is 4.34 Å². The number of methoxy groups -OCH3 is 1. The van der Waals surface area contributed by atoms with Crippen molar-refractivity contribution in [2.24, 2.45) is 0 Å². The third-order valence-corrected chi connectivity index (χ3v) is 6.61. The molecule has 2 aromatic heterocycles. The second-order valence-electron chi connectivity index (χ2n) is 7.59. The molecule has 2 N–H and O–H groups in total. The van der Waals surface area contributed by atoms with E-state index in [1.54, 1.807) is 54.7 Å². The first-order valence-electron chi connectivity index (χ1n) is 10.4. The van der Waals surface area contributed by atoms with Gasteiger partial charge in [-0.3, -0.25) is 23.9 Å². The minimum atomic E-state index is -0.832. The van der Waals surface area contributed by atoms with Gasteiger partial charge in [0.2, 0.25) is 5.91 Å². The molecule has 2 atom stereocenters. The Bertz CT molecular complexity index is 1270. The molecule has 0 saturated carbocycles. The number of benzene rings is 1. The molecule has 34 heavy (non-hydrogen) atoms. The van der Waals surface area contributed by atoms with Crippen LogP contribution in [-0.2, 0) is 9.53 Å². The molecule has 4 rings (SSSR count). The average Bonchev–Trinajstić information content (AvgIpc) is 3.46. The highest BCUT2D eigenvalue weighted by Gasteiger charge is 2.41. The summed E-state index contributed by atoms with van der Waals surface area (Å²) in [5.41, 5.74) is 0.984. The van der Waals surface area contributed by atoms with Gasteiger partial charge in [0.15, 0.2) is 0 Å². The maximum Gasteiger partial charge on any atom is 0.410 e. The number of nitrogens with one attached hydrogen (secondary N) is 2. The maximum absolute atomic E-state index is 13.0. The summed E-state index contributed by atoms with van der Waals surface area (Å²) in [5, 5.41) is 5.64. The van der Waals surface area contributed by atoms with Gasteiger partial charge in [0.1, 0.15) is 6.04 Å². The Labute approximate surface area is 203 Å². The molecule has 1 aromatic carbocycles. The van der Waals surface area contributed by atoms with Crippen molar-refractivity contribution in [2.45, 2.75) is 18.5 Å². The molecule has 3 amide bonds. The summed E-state index contributed by atoms with van der Waals surface area (Å²) in [6.07, 6.45) is 1.22. The first-order valence-corrected chi connectivity index (χ1v) is 11.5. The van der Waals surface area contributed by atoms with E-state index in [9.17, 15) is 19.2 Å². The predicted molar refractivity (Wildman–Crippen MR) is 129 cm³/mol. The number of ether oxygens (including phenoxy) is 1. The van der Waals surface area contributed by atoms with Crippen molar-refractivity contribution in [1.82, 2.24) is 14.8 Å². The van der Waals surface area contributed by atoms with Gasteiger partial charge in [0.25, 0.3) is 11.5 Å². The summed E-state index contributed by atoms with van der Waals surface area (Å²) in [4.78, 5) is 51.5. The van der Waals surface area contributed by atoms with Crippen LogP contribution in [0.15, 0.2) is 65.6 Å². The molecule has 1 fully saturated rings. The molecule has 0 bridgehead atoms. The summed E-state index contributed by atoms with van der Waals surface area (Å²) >= 11 is 7.05. The number of carbonyl (C=O) groups is 3. The van der Waals surface area contributed by atoms with Crippen LogP contribution < -0.4 is 16.2 Å². The molecule has 0 radical (unpaired) electrons. The molecule has 176 valence electrons. The van der Waals surface area contributed by atoms with E-state index in [2.05, 4.69) is 10.6 Å². The number of thiophene rings is 1. The van der Waals surface area contributed by atoms with E-state index < -0.39 is 24.1 Å². The number of amides is 3. The zero-order valence-corrected chi connectivity index (χ0v) is 19.6. The summed E-state index contributed by atoms with van der Waals surface area (Å²) in [6, 6.07) is 13.6. The number of rotatable bonds is 5. The number of halogens is 1. The molecule has 0 aliphatic carbocycles. The number of anilines is 1. The lowest BCUT2D eigenvalue weighted by molar-refractivity contribution is -0.120. The minimum absolute atomic E-state index is 0.130. The van der Waals surface area contributed by atoms with Crippen LogP contribution in [0.5, 0.6) is 0 Å². The molecule has 1 aliphatic heterocycles. The highest BCUT2D eigenvalue weighted by molar-refractivity contribution is 7.18. The van der Waals surface area contributed by atoms with Gasteiger partial charge >= 0.3 is 6.09 Å². The fourth-order valence-electron chi connectivity index (χ4n) is 3.77. The summed E-state index contributed by atoms with van der Waals surface area (Å²) in [7, 11) is 1.24. The SMILES string of the molecule is COC(=O)N1CC(NC(=O)c2ccc(Cl)s2)C[C@H]1C(=O)Nc1ccc(-n2ccccc2=O)cc1. The van der Waals surface area contributed by atoms with E-state index in [4.69, 9.17) is 16.3 Å². The Balaban J connectivity index is 1.45. The number of aromatic nitrogens is 1. The standard InChI is InChI=1S/C23H21ClN4O5S/c1-33-23(32)28-13-15(26-22(31)18-9-10-19(24)34-18)12-17(28)21(30)25-14-5-7-16(8-6-14)27-11-3-2-4-20(27)29/h2-11,15,17H,12-13H2,1H3,(H,25,30)(H,26,31)/t15?,17-/m0/s1. The molecule has 1 aliphatic rings. The molecular formula is C23H21ClN4O5S. The number of carbonyl (C=O) groups excluding carboxylic acids is 3. The first kappa shape index (κ1) is 23.5. The van der Waals surface area contributed by atoms with Gasteiger partial charge in [-0.1, -0.05) is 17.7 Å². The second kappa shape index (κ2) is 10.1. The number of pyridine rings is 1. The van der Waals surface area contributed by atoms with Crippen LogP contribution in [0.1, 0.15) is 16.1 Å². The molecular weight excluding hydrogens is 480 g/mol. The molecule has 0 spiro atoms. The topological polar surface area (TPSA) is 110 Å². The number of hydrogen-bond donors (Lipinski definition) is 2. The Morgan fingerprint density at radius 1 is 1.09 bits per heavy atom. The van der Waals surface area contributed by atoms with Gasteiger partial charge < -0.3 is 15.4 Å². The van der Waals surface area contributed by atoms with Crippen LogP contribution in [0.3, 0.4) is 0 Å². The summed E-state index contributed by atoms with van der Waals surface area (Å²) < 4.78 is 6.80. The van der Waals surface area contributed by atoms with E-state index in [0.717, 1.165) is 11.3 Å². The fourth-order valence-corrected chi connectivity index (χ4v) is 4.72. The normalized spacial score (nSPS) is 17.3. The summed E-state index contributed by atoms with van der Waals surface area (Å²) in [5.74, 6) is -0.731. The van der Waals surface area contributed by atoms with Crippen molar-refractivity contribution in [3.8, 4) is 5.69 Å². The van der Waals surface area contributed by atoms with Gasteiger partial charge in [0.05, 0.1) is 16.3 Å². The zero-order valence-electron chi connectivity index (χ0n) is 18.1. The Hall–Kier alpha value is -3.63. The number of hydrogen-bond acceptors (Lipinski definition) is 6. The van der Waals surface area contributed by atoms with Crippen molar-refractivity contribution in [1.29, 1.82) is 0 Å². The van der Waals surface area contributed by atoms with Gasteiger partial charge in [-0.25, -0.2) is 4.79 Å². The Morgan fingerprint density at radius 3 is 2.50 bits per heavy atom. The lowest BCUT2D eigenvalue weighted by Gasteiger charge is -2.22. The Morgan fingerprint density at radius 2 is 1.85 bits per heavy atom. The van der Waals surface area contributed by atoms with Crippen LogP contribution >= 0.6 is 22.9 Å². The first-order chi connectivity index (χ1) is 16.4. The quantitative estimate of drug-likeness (QED) is 0.559. The van der Waals surface area contributed by atoms with Gasteiger partial charge in [0, 0.05) is 36.2 Å². The minimum Gasteiger partial charge on any atom is -0.453 e. The monoisotopic (exact) mass is 500 g/mol. The van der Waals surface area contributed by atoms with E-state index in [-0.39, 0.29) is 24.4 Å². The predicted octanol–water partition coefficient (Wildman–Crippen LogP) is 3.13. The average molecular weight is 501 g/mol. The number of nitrogens with zero attached hydrogens (tertiary/aromatic N) is 2. The molecule has 3 aromatic rings. The van der Waals surface area contributed by atoms with Crippen LogP contribution in [0.25, 0.3) is 5.69 Å². The van der Waals surface area contributed by atoms with Crippen molar-refractivity contribution < 1.29 is 19.1 Å².